The number of rotatable bonds is 5. The van der Waals surface area contributed by atoms with Gasteiger partial charge in [-0.3, -0.25) is 9.59 Å². The topological polar surface area (TPSA) is 92.6 Å². The van der Waals surface area contributed by atoms with Gasteiger partial charge < -0.3 is 24.4 Å². The van der Waals surface area contributed by atoms with Gasteiger partial charge in [0, 0.05) is 56.7 Å². The highest BCUT2D eigenvalue weighted by Gasteiger charge is 2.30. The number of aryl methyl sites for hydroxylation is 1. The largest absolute Gasteiger partial charge is 0.424 e. The molecule has 0 radical (unpaired) electrons. The Balaban J connectivity index is 1.28. The number of halogens is 3. The Bertz CT molecular complexity index is 1510. The molecule has 39 heavy (non-hydrogen) atoms. The lowest BCUT2D eigenvalue weighted by Gasteiger charge is -2.27. The molecule has 1 fully saturated rings. The van der Waals surface area contributed by atoms with Gasteiger partial charge in [0.2, 0.25) is 0 Å². The second-order valence-electron chi connectivity index (χ2n) is 9.12. The van der Waals surface area contributed by atoms with Gasteiger partial charge in [-0.15, -0.1) is 0 Å². The third-order valence-electron chi connectivity index (χ3n) is 6.61. The molecule has 3 heterocycles. The number of piperazine rings is 1. The molecule has 0 spiro atoms. The van der Waals surface area contributed by atoms with Gasteiger partial charge in [-0.1, -0.05) is 0 Å². The lowest BCUT2D eigenvalue weighted by molar-refractivity contribution is -0.137. The van der Waals surface area contributed by atoms with Gasteiger partial charge in [0.25, 0.3) is 11.8 Å². The van der Waals surface area contributed by atoms with Crippen LogP contribution in [0.1, 0.15) is 26.4 Å². The van der Waals surface area contributed by atoms with Crippen molar-refractivity contribution in [1.29, 1.82) is 0 Å². The number of alkyl halides is 3. The van der Waals surface area contributed by atoms with Crippen LogP contribution in [0.5, 0.6) is 11.8 Å². The number of nitrogens with one attached hydrogen (secondary N) is 1. The summed E-state index contributed by atoms with van der Waals surface area (Å²) in [6.45, 7) is 2.86. The molecule has 12 heteroatoms. The number of fused-ring (bicyclic) bond motifs is 1. The van der Waals surface area contributed by atoms with Crippen molar-refractivity contribution in [2.45, 2.75) is 6.18 Å². The molecule has 5 rings (SSSR count). The van der Waals surface area contributed by atoms with E-state index in [0.717, 1.165) is 48.3 Å². The number of ether oxygens (including phenoxy) is 1. The second-order valence-corrected chi connectivity index (χ2v) is 9.12. The molecule has 1 aliphatic heterocycles. The van der Waals surface area contributed by atoms with E-state index in [0.29, 0.717) is 30.2 Å². The van der Waals surface area contributed by atoms with Crippen molar-refractivity contribution < 1.29 is 27.5 Å². The number of amides is 2. The predicted octanol–water partition coefficient (Wildman–Crippen LogP) is 4.10. The van der Waals surface area contributed by atoms with E-state index in [2.05, 4.69) is 15.3 Å². The van der Waals surface area contributed by atoms with Gasteiger partial charge in [-0.25, -0.2) is 9.97 Å². The molecule has 2 amide bonds. The zero-order valence-corrected chi connectivity index (χ0v) is 21.2. The number of carbonyl (C=O) groups excluding carboxylic acids is 2. The summed E-state index contributed by atoms with van der Waals surface area (Å²) in [6.07, 6.45) is -1.71. The summed E-state index contributed by atoms with van der Waals surface area (Å²) in [5, 5.41) is 4.07. The first-order chi connectivity index (χ1) is 18.6. The summed E-state index contributed by atoms with van der Waals surface area (Å²) < 4.78 is 46.0. The number of benzene rings is 2. The average molecular weight is 539 g/mol. The van der Waals surface area contributed by atoms with E-state index < -0.39 is 17.6 Å². The van der Waals surface area contributed by atoms with E-state index >= 15 is 0 Å². The van der Waals surface area contributed by atoms with Crippen LogP contribution in [0.15, 0.2) is 60.9 Å². The molecule has 4 aromatic rings. The van der Waals surface area contributed by atoms with Gasteiger partial charge >= 0.3 is 12.2 Å². The zero-order chi connectivity index (χ0) is 27.7. The molecular weight excluding hydrogens is 513 g/mol. The molecule has 202 valence electrons. The van der Waals surface area contributed by atoms with Crippen molar-refractivity contribution in [1.82, 2.24) is 24.8 Å². The first-order valence-electron chi connectivity index (χ1n) is 12.2. The standard InChI is InChI=1S/C27H25F3N6O3/c1-34(24(37)17-3-5-19(6-4-17)27(28,29)30)20-15-32-26(33-16-20)39-21-7-8-22-18(13-21)14-23(35(22)2)25(38)36-11-9-31-10-12-36/h3-8,13-16,31H,9-12H2,1-2H3. The SMILES string of the molecule is CN(C(=O)c1ccc(C(F)(F)F)cc1)c1cnc(Oc2ccc3c(c2)cc(C(=O)N2CCNCC2)n3C)nc1. The van der Waals surface area contributed by atoms with Gasteiger partial charge in [0.15, 0.2) is 0 Å². The summed E-state index contributed by atoms with van der Waals surface area (Å²) in [6, 6.07) is 11.2. The summed E-state index contributed by atoms with van der Waals surface area (Å²) in [4.78, 5) is 37.1. The molecule has 1 N–H and O–H groups in total. The van der Waals surface area contributed by atoms with Gasteiger partial charge in [-0.2, -0.15) is 13.2 Å². The summed E-state index contributed by atoms with van der Waals surface area (Å²) in [7, 11) is 3.32. The van der Waals surface area contributed by atoms with Crippen LogP contribution < -0.4 is 15.0 Å². The Kier molecular flexibility index (Phi) is 6.96. The zero-order valence-electron chi connectivity index (χ0n) is 21.2. The van der Waals surface area contributed by atoms with Gasteiger partial charge in [-0.05, 0) is 48.5 Å². The quantitative estimate of drug-likeness (QED) is 0.412. The maximum atomic E-state index is 13.0. The minimum atomic E-state index is -4.48. The Hall–Kier alpha value is -4.45. The molecular formula is C27H25F3N6O3. The third kappa shape index (κ3) is 5.41. The highest BCUT2D eigenvalue weighted by Crippen LogP contribution is 2.30. The molecule has 0 bridgehead atoms. The number of nitrogens with zero attached hydrogens (tertiary/aromatic N) is 5. The van der Waals surface area contributed by atoms with Gasteiger partial charge in [0.1, 0.15) is 11.4 Å². The molecule has 9 nitrogen and oxygen atoms in total. The fourth-order valence-corrected chi connectivity index (χ4v) is 4.38. The van der Waals surface area contributed by atoms with Crippen LogP contribution in [0.2, 0.25) is 0 Å². The van der Waals surface area contributed by atoms with E-state index in [9.17, 15) is 22.8 Å². The summed E-state index contributed by atoms with van der Waals surface area (Å²) in [5.74, 6) is -0.0653. The maximum absolute atomic E-state index is 13.0. The molecule has 0 saturated carbocycles. The minimum Gasteiger partial charge on any atom is -0.424 e. The third-order valence-corrected chi connectivity index (χ3v) is 6.61. The van der Waals surface area contributed by atoms with Crippen LogP contribution in [-0.4, -0.2) is 64.5 Å². The summed E-state index contributed by atoms with van der Waals surface area (Å²) in [5.41, 5.74) is 1.06. The number of aromatic nitrogens is 3. The predicted molar refractivity (Wildman–Crippen MR) is 138 cm³/mol. The first-order valence-corrected chi connectivity index (χ1v) is 12.2. The maximum Gasteiger partial charge on any atom is 0.416 e. The van der Waals surface area contributed by atoms with Crippen LogP contribution >= 0.6 is 0 Å². The van der Waals surface area contributed by atoms with Crippen LogP contribution in [0, 0.1) is 0 Å². The number of hydrogen-bond acceptors (Lipinski definition) is 6. The van der Waals surface area contributed by atoms with Crippen molar-refractivity contribution >= 4 is 28.4 Å². The van der Waals surface area contributed by atoms with Crippen molar-refractivity contribution in [2.75, 3.05) is 38.1 Å². The fourth-order valence-electron chi connectivity index (χ4n) is 4.38. The van der Waals surface area contributed by atoms with Crippen LogP contribution in [0.4, 0.5) is 18.9 Å². The number of anilines is 1. The fraction of sp³-hybridized carbons (Fsp3) is 0.259. The van der Waals surface area contributed by atoms with Crippen LogP contribution in [0.3, 0.4) is 0 Å². The Morgan fingerprint density at radius 3 is 2.31 bits per heavy atom. The van der Waals surface area contributed by atoms with Gasteiger partial charge in [0.05, 0.1) is 23.6 Å². The van der Waals surface area contributed by atoms with Crippen LogP contribution in [-0.2, 0) is 13.2 Å². The molecule has 1 saturated heterocycles. The van der Waals surface area contributed by atoms with E-state index in [4.69, 9.17) is 4.74 Å². The van der Waals surface area contributed by atoms with E-state index in [1.165, 1.54) is 24.3 Å². The average Bonchev–Trinajstić information content (AvgIpc) is 3.27. The summed E-state index contributed by atoms with van der Waals surface area (Å²) >= 11 is 0. The number of carbonyl (C=O) groups is 2. The second kappa shape index (κ2) is 10.4. The van der Waals surface area contributed by atoms with Crippen molar-refractivity contribution in [3.05, 3.63) is 77.7 Å². The van der Waals surface area contributed by atoms with Crippen LogP contribution in [0.25, 0.3) is 10.9 Å². The van der Waals surface area contributed by atoms with E-state index in [1.54, 1.807) is 12.1 Å². The monoisotopic (exact) mass is 538 g/mol. The molecule has 1 aliphatic rings. The Morgan fingerprint density at radius 2 is 1.67 bits per heavy atom. The van der Waals surface area contributed by atoms with Crippen molar-refractivity contribution in [2.24, 2.45) is 7.05 Å². The molecule has 0 aliphatic carbocycles. The van der Waals surface area contributed by atoms with Crippen molar-refractivity contribution in [3.63, 3.8) is 0 Å². The Labute approximate surface area is 221 Å². The van der Waals surface area contributed by atoms with E-state index in [-0.39, 0.29) is 17.5 Å². The highest BCUT2D eigenvalue weighted by molar-refractivity contribution is 6.05. The smallest absolute Gasteiger partial charge is 0.416 e. The minimum absolute atomic E-state index is 0.0217. The lowest BCUT2D eigenvalue weighted by atomic mass is 10.1. The molecule has 2 aromatic heterocycles. The molecule has 0 atom stereocenters. The van der Waals surface area contributed by atoms with E-state index in [1.807, 2.05) is 28.6 Å². The Morgan fingerprint density at radius 1 is 1.00 bits per heavy atom. The normalized spacial score (nSPS) is 13.9. The molecule has 2 aromatic carbocycles. The van der Waals surface area contributed by atoms with Crippen molar-refractivity contribution in [3.8, 4) is 11.8 Å². The highest BCUT2D eigenvalue weighted by atomic mass is 19.4. The molecule has 0 unspecified atom stereocenters. The first kappa shape index (κ1) is 26.2. The number of hydrogen-bond donors (Lipinski definition) is 1. The lowest BCUT2D eigenvalue weighted by Crippen LogP contribution is -2.46.